The average molecular weight is 209 g/mol. The van der Waals surface area contributed by atoms with Crippen LogP contribution >= 0.6 is 11.6 Å². The summed E-state index contributed by atoms with van der Waals surface area (Å²) >= 11 is 5.76. The first-order valence-corrected chi connectivity index (χ1v) is 4.53. The Morgan fingerprint density at radius 1 is 1.29 bits per heavy atom. The van der Waals surface area contributed by atoms with E-state index in [1.807, 2.05) is 12.1 Å². The maximum Gasteiger partial charge on any atom is 0.209 e. The summed E-state index contributed by atoms with van der Waals surface area (Å²) in [6.07, 6.45) is 0. The minimum atomic E-state index is 0.148. The molecule has 0 fully saturated rings. The highest BCUT2D eigenvalue weighted by atomic mass is 35.5. The number of rotatable bonds is 1. The first kappa shape index (κ1) is 9.09. The van der Waals surface area contributed by atoms with Crippen LogP contribution in [0.2, 0.25) is 5.02 Å². The molecule has 0 atom stereocenters. The number of hydrogen-bond donors (Lipinski definition) is 1. The summed E-state index contributed by atoms with van der Waals surface area (Å²) in [5, 5.41) is 14.2. The topological polar surface area (TPSA) is 38.0 Å². The van der Waals surface area contributed by atoms with Gasteiger partial charge in [-0.05, 0) is 12.1 Å². The minimum absolute atomic E-state index is 0.148. The minimum Gasteiger partial charge on any atom is -0.493 e. The second kappa shape index (κ2) is 3.35. The predicted molar refractivity (Wildman–Crippen MR) is 55.3 cm³/mol. The number of aryl methyl sites for hydroxylation is 1. The molecule has 72 valence electrons. The average Bonchev–Trinajstić information content (AvgIpc) is 2.48. The summed E-state index contributed by atoms with van der Waals surface area (Å²) < 4.78 is 1.42. The molecule has 0 amide bonds. The van der Waals surface area contributed by atoms with Gasteiger partial charge in [-0.1, -0.05) is 23.7 Å². The van der Waals surface area contributed by atoms with Gasteiger partial charge in [-0.2, -0.15) is 5.10 Å². The molecule has 0 aliphatic heterocycles. The first-order valence-electron chi connectivity index (χ1n) is 4.16. The third-order valence-corrected chi connectivity index (χ3v) is 2.25. The maximum atomic E-state index is 9.33. The Balaban J connectivity index is 2.44. The lowest BCUT2D eigenvalue weighted by atomic mass is 10.2. The lowest BCUT2D eigenvalue weighted by molar-refractivity contribution is 0.419. The van der Waals surface area contributed by atoms with E-state index in [1.165, 1.54) is 4.68 Å². The Kier molecular flexibility index (Phi) is 2.17. The van der Waals surface area contributed by atoms with E-state index in [0.29, 0.717) is 5.02 Å². The van der Waals surface area contributed by atoms with Crippen molar-refractivity contribution < 1.29 is 5.11 Å². The second-order valence-corrected chi connectivity index (χ2v) is 3.45. The molecule has 1 N–H and O–H groups in total. The molecular formula is C10H9ClN2O. The number of aromatic hydroxyl groups is 1. The lowest BCUT2D eigenvalue weighted by Gasteiger charge is -1.95. The van der Waals surface area contributed by atoms with Crippen LogP contribution in [0, 0.1) is 0 Å². The van der Waals surface area contributed by atoms with Crippen molar-refractivity contribution in [3.63, 3.8) is 0 Å². The van der Waals surface area contributed by atoms with Gasteiger partial charge in [-0.15, -0.1) is 0 Å². The molecule has 0 saturated heterocycles. The summed E-state index contributed by atoms with van der Waals surface area (Å²) in [4.78, 5) is 0. The van der Waals surface area contributed by atoms with Gasteiger partial charge in [0.1, 0.15) is 0 Å². The van der Waals surface area contributed by atoms with E-state index in [4.69, 9.17) is 11.6 Å². The quantitative estimate of drug-likeness (QED) is 0.782. The lowest BCUT2D eigenvalue weighted by Crippen LogP contribution is -1.89. The molecular weight excluding hydrogens is 200 g/mol. The molecule has 1 aromatic carbocycles. The fourth-order valence-corrected chi connectivity index (χ4v) is 1.35. The van der Waals surface area contributed by atoms with E-state index in [-0.39, 0.29) is 5.88 Å². The molecule has 1 heterocycles. The molecule has 3 nitrogen and oxygen atoms in total. The summed E-state index contributed by atoms with van der Waals surface area (Å²) in [5.74, 6) is 0.148. The summed E-state index contributed by atoms with van der Waals surface area (Å²) in [6.45, 7) is 0. The van der Waals surface area contributed by atoms with E-state index >= 15 is 0 Å². The molecule has 2 rings (SSSR count). The number of aromatic nitrogens is 2. The Labute approximate surface area is 86.6 Å². The van der Waals surface area contributed by atoms with Gasteiger partial charge in [0, 0.05) is 23.7 Å². The molecule has 1 aromatic heterocycles. The van der Waals surface area contributed by atoms with E-state index in [2.05, 4.69) is 5.10 Å². The molecule has 0 aliphatic carbocycles. The van der Waals surface area contributed by atoms with E-state index in [9.17, 15) is 5.11 Å². The normalized spacial score (nSPS) is 10.4. The van der Waals surface area contributed by atoms with Crippen molar-refractivity contribution in [2.24, 2.45) is 7.05 Å². The van der Waals surface area contributed by atoms with Crippen LogP contribution < -0.4 is 0 Å². The highest BCUT2D eigenvalue weighted by Crippen LogP contribution is 2.22. The molecule has 0 radical (unpaired) electrons. The van der Waals surface area contributed by atoms with Gasteiger partial charge in [0.15, 0.2) is 0 Å². The zero-order valence-electron chi connectivity index (χ0n) is 7.61. The predicted octanol–water partition coefficient (Wildman–Crippen LogP) is 2.45. The van der Waals surface area contributed by atoms with Crippen molar-refractivity contribution in [2.45, 2.75) is 0 Å². The summed E-state index contributed by atoms with van der Waals surface area (Å²) in [7, 11) is 1.69. The Hall–Kier alpha value is -1.48. The van der Waals surface area contributed by atoms with Crippen molar-refractivity contribution in [1.29, 1.82) is 0 Å². The van der Waals surface area contributed by atoms with E-state index in [0.717, 1.165) is 11.3 Å². The molecule has 0 spiro atoms. The zero-order valence-corrected chi connectivity index (χ0v) is 8.36. The highest BCUT2D eigenvalue weighted by Gasteiger charge is 2.04. The van der Waals surface area contributed by atoms with Gasteiger partial charge < -0.3 is 5.11 Å². The fourth-order valence-electron chi connectivity index (χ4n) is 1.22. The first-order chi connectivity index (χ1) is 6.66. The van der Waals surface area contributed by atoms with E-state index < -0.39 is 0 Å². The van der Waals surface area contributed by atoms with Gasteiger partial charge in [0.25, 0.3) is 0 Å². The van der Waals surface area contributed by atoms with Crippen molar-refractivity contribution in [1.82, 2.24) is 9.78 Å². The van der Waals surface area contributed by atoms with Gasteiger partial charge >= 0.3 is 0 Å². The monoisotopic (exact) mass is 208 g/mol. The second-order valence-electron chi connectivity index (χ2n) is 3.02. The van der Waals surface area contributed by atoms with Crippen LogP contribution in [0.3, 0.4) is 0 Å². The Bertz CT molecular complexity index is 428. The third kappa shape index (κ3) is 1.59. The molecule has 0 saturated carbocycles. The van der Waals surface area contributed by atoms with Crippen LogP contribution in [-0.4, -0.2) is 14.9 Å². The van der Waals surface area contributed by atoms with Crippen LogP contribution in [0.1, 0.15) is 0 Å². The van der Waals surface area contributed by atoms with Crippen LogP contribution in [0.15, 0.2) is 30.3 Å². The van der Waals surface area contributed by atoms with Gasteiger partial charge in [-0.3, -0.25) is 0 Å². The zero-order chi connectivity index (χ0) is 10.1. The SMILES string of the molecule is Cn1nc(-c2ccc(Cl)cc2)cc1O. The Morgan fingerprint density at radius 3 is 2.43 bits per heavy atom. The maximum absolute atomic E-state index is 9.33. The number of nitrogens with zero attached hydrogens (tertiary/aromatic N) is 2. The number of benzene rings is 1. The summed E-state index contributed by atoms with van der Waals surface area (Å²) in [6, 6.07) is 8.93. The van der Waals surface area contributed by atoms with Crippen LogP contribution in [-0.2, 0) is 7.05 Å². The van der Waals surface area contributed by atoms with Crippen molar-refractivity contribution in [3.05, 3.63) is 35.4 Å². The molecule has 0 bridgehead atoms. The van der Waals surface area contributed by atoms with Crippen LogP contribution in [0.5, 0.6) is 5.88 Å². The van der Waals surface area contributed by atoms with Gasteiger partial charge in [-0.25, -0.2) is 4.68 Å². The smallest absolute Gasteiger partial charge is 0.209 e. The molecule has 14 heavy (non-hydrogen) atoms. The Morgan fingerprint density at radius 2 is 1.93 bits per heavy atom. The van der Waals surface area contributed by atoms with Crippen molar-refractivity contribution >= 4 is 11.6 Å². The largest absolute Gasteiger partial charge is 0.493 e. The third-order valence-electron chi connectivity index (χ3n) is 2.00. The van der Waals surface area contributed by atoms with Crippen LogP contribution in [0.25, 0.3) is 11.3 Å². The van der Waals surface area contributed by atoms with Crippen molar-refractivity contribution in [2.75, 3.05) is 0 Å². The van der Waals surface area contributed by atoms with Crippen LogP contribution in [0.4, 0.5) is 0 Å². The summed E-state index contributed by atoms with van der Waals surface area (Å²) in [5.41, 5.74) is 1.67. The highest BCUT2D eigenvalue weighted by molar-refractivity contribution is 6.30. The molecule has 4 heteroatoms. The standard InChI is InChI=1S/C10H9ClN2O/c1-13-10(14)6-9(12-13)7-2-4-8(11)5-3-7/h2-6,14H,1H3. The van der Waals surface area contributed by atoms with Gasteiger partial charge in [0.05, 0.1) is 5.69 Å². The van der Waals surface area contributed by atoms with Crippen molar-refractivity contribution in [3.8, 4) is 17.1 Å². The number of halogens is 1. The molecule has 2 aromatic rings. The molecule has 0 unspecified atom stereocenters. The fraction of sp³-hybridized carbons (Fsp3) is 0.100. The van der Waals surface area contributed by atoms with Gasteiger partial charge in [0.2, 0.25) is 5.88 Å². The van der Waals surface area contributed by atoms with E-state index in [1.54, 1.807) is 25.2 Å². The number of hydrogen-bond acceptors (Lipinski definition) is 2. The molecule has 0 aliphatic rings.